The smallest absolute Gasteiger partial charge is 0.0925 e. The van der Waals surface area contributed by atoms with E-state index < -0.39 is 5.60 Å². The normalized spacial score (nSPS) is 24.0. The summed E-state index contributed by atoms with van der Waals surface area (Å²) in [5, 5.41) is 11.9. The van der Waals surface area contributed by atoms with Crippen LogP contribution in [-0.4, -0.2) is 23.3 Å². The second kappa shape index (κ2) is 3.86. The molecule has 2 heterocycles. The van der Waals surface area contributed by atoms with E-state index in [1.807, 2.05) is 37.4 Å². The Labute approximate surface area is 100 Å². The van der Waals surface area contributed by atoms with E-state index in [-0.39, 0.29) is 5.92 Å². The molecule has 0 bridgehead atoms. The molecule has 2 atom stereocenters. The number of hydrogen-bond acceptors (Lipinski definition) is 2. The van der Waals surface area contributed by atoms with Crippen molar-refractivity contribution in [3.63, 3.8) is 0 Å². The molecule has 0 saturated carbocycles. The molecule has 1 saturated heterocycles. The summed E-state index contributed by atoms with van der Waals surface area (Å²) in [6.45, 7) is 3.30. The van der Waals surface area contributed by atoms with E-state index in [9.17, 15) is 5.11 Å². The SMILES string of the molecule is CC(O)(c1cccc2[nH]ccc12)C1CCOC1. The number of benzene rings is 1. The fourth-order valence-electron chi connectivity index (χ4n) is 2.72. The van der Waals surface area contributed by atoms with Crippen molar-refractivity contribution in [3.05, 3.63) is 36.0 Å². The highest BCUT2D eigenvalue weighted by molar-refractivity contribution is 5.83. The summed E-state index contributed by atoms with van der Waals surface area (Å²) < 4.78 is 5.39. The molecule has 90 valence electrons. The first-order valence-electron chi connectivity index (χ1n) is 6.06. The summed E-state index contributed by atoms with van der Waals surface area (Å²) in [4.78, 5) is 3.18. The lowest BCUT2D eigenvalue weighted by Gasteiger charge is -2.30. The highest BCUT2D eigenvalue weighted by Crippen LogP contribution is 2.37. The maximum atomic E-state index is 10.8. The van der Waals surface area contributed by atoms with Gasteiger partial charge >= 0.3 is 0 Å². The van der Waals surface area contributed by atoms with E-state index in [0.29, 0.717) is 6.61 Å². The topological polar surface area (TPSA) is 45.2 Å². The van der Waals surface area contributed by atoms with Crippen molar-refractivity contribution in [1.29, 1.82) is 0 Å². The summed E-state index contributed by atoms with van der Waals surface area (Å²) in [6.07, 6.45) is 2.84. The largest absolute Gasteiger partial charge is 0.385 e. The van der Waals surface area contributed by atoms with Crippen molar-refractivity contribution in [3.8, 4) is 0 Å². The molecule has 3 nitrogen and oxygen atoms in total. The molecule has 1 aromatic carbocycles. The second-order valence-corrected chi connectivity index (χ2v) is 4.95. The van der Waals surface area contributed by atoms with Crippen molar-refractivity contribution in [2.45, 2.75) is 18.9 Å². The van der Waals surface area contributed by atoms with Crippen molar-refractivity contribution in [2.24, 2.45) is 5.92 Å². The highest BCUT2D eigenvalue weighted by atomic mass is 16.5. The Morgan fingerprint density at radius 3 is 3.06 bits per heavy atom. The Balaban J connectivity index is 2.10. The van der Waals surface area contributed by atoms with Gasteiger partial charge in [0.1, 0.15) is 0 Å². The lowest BCUT2D eigenvalue weighted by molar-refractivity contribution is -0.00840. The number of nitrogens with one attached hydrogen (secondary N) is 1. The van der Waals surface area contributed by atoms with E-state index >= 15 is 0 Å². The molecular formula is C14H17NO2. The fraction of sp³-hybridized carbons (Fsp3) is 0.429. The van der Waals surface area contributed by atoms with E-state index in [4.69, 9.17) is 4.74 Å². The molecule has 3 rings (SSSR count). The number of rotatable bonds is 2. The van der Waals surface area contributed by atoms with Gasteiger partial charge in [-0.2, -0.15) is 0 Å². The zero-order valence-electron chi connectivity index (χ0n) is 9.94. The quantitative estimate of drug-likeness (QED) is 0.833. The Morgan fingerprint density at radius 2 is 2.29 bits per heavy atom. The fourth-order valence-corrected chi connectivity index (χ4v) is 2.72. The average Bonchev–Trinajstić information content (AvgIpc) is 2.99. The van der Waals surface area contributed by atoms with Gasteiger partial charge in [0, 0.05) is 29.6 Å². The third-order valence-corrected chi connectivity index (χ3v) is 3.86. The Kier molecular flexibility index (Phi) is 2.45. The maximum Gasteiger partial charge on any atom is 0.0925 e. The van der Waals surface area contributed by atoms with Gasteiger partial charge in [0.15, 0.2) is 0 Å². The molecular weight excluding hydrogens is 214 g/mol. The molecule has 0 radical (unpaired) electrons. The predicted octanol–water partition coefficient (Wildman–Crippen LogP) is 2.41. The molecule has 1 aliphatic rings. The second-order valence-electron chi connectivity index (χ2n) is 4.95. The maximum absolute atomic E-state index is 10.8. The van der Waals surface area contributed by atoms with Crippen LogP contribution in [0.3, 0.4) is 0 Å². The van der Waals surface area contributed by atoms with Crippen molar-refractivity contribution in [2.75, 3.05) is 13.2 Å². The molecule has 3 heteroatoms. The number of ether oxygens (including phenoxy) is 1. The first-order valence-corrected chi connectivity index (χ1v) is 6.06. The third kappa shape index (κ3) is 1.66. The zero-order chi connectivity index (χ0) is 11.9. The Bertz CT molecular complexity index is 524. The van der Waals surface area contributed by atoms with Crippen LogP contribution in [0.1, 0.15) is 18.9 Å². The number of hydrogen-bond donors (Lipinski definition) is 2. The number of fused-ring (bicyclic) bond motifs is 1. The number of aliphatic hydroxyl groups is 1. The Hall–Kier alpha value is -1.32. The van der Waals surface area contributed by atoms with Gasteiger partial charge in [-0.25, -0.2) is 0 Å². The van der Waals surface area contributed by atoms with Gasteiger partial charge in [0.05, 0.1) is 12.2 Å². The zero-order valence-corrected chi connectivity index (χ0v) is 9.94. The lowest BCUT2D eigenvalue weighted by Crippen LogP contribution is -2.32. The van der Waals surface area contributed by atoms with Crippen molar-refractivity contribution >= 4 is 10.9 Å². The summed E-state index contributed by atoms with van der Waals surface area (Å²) in [6, 6.07) is 8.04. The van der Waals surface area contributed by atoms with Gasteiger partial charge in [-0.05, 0) is 31.0 Å². The van der Waals surface area contributed by atoms with Crippen LogP contribution in [0.25, 0.3) is 10.9 Å². The molecule has 17 heavy (non-hydrogen) atoms. The minimum absolute atomic E-state index is 0.183. The molecule has 0 spiro atoms. The minimum Gasteiger partial charge on any atom is -0.385 e. The van der Waals surface area contributed by atoms with Crippen molar-refractivity contribution in [1.82, 2.24) is 4.98 Å². The van der Waals surface area contributed by atoms with Gasteiger partial charge in [-0.15, -0.1) is 0 Å². The van der Waals surface area contributed by atoms with Gasteiger partial charge in [-0.3, -0.25) is 0 Å². The van der Waals surface area contributed by atoms with Crippen LogP contribution in [0.5, 0.6) is 0 Å². The van der Waals surface area contributed by atoms with Crippen molar-refractivity contribution < 1.29 is 9.84 Å². The molecule has 1 aliphatic heterocycles. The molecule has 2 N–H and O–H groups in total. The van der Waals surface area contributed by atoms with Gasteiger partial charge < -0.3 is 14.8 Å². The average molecular weight is 231 g/mol. The Morgan fingerprint density at radius 1 is 1.41 bits per heavy atom. The number of aromatic amines is 1. The van der Waals surface area contributed by atoms with Gasteiger partial charge in [0.25, 0.3) is 0 Å². The van der Waals surface area contributed by atoms with Crippen LogP contribution in [0.2, 0.25) is 0 Å². The van der Waals surface area contributed by atoms with Gasteiger partial charge in [-0.1, -0.05) is 12.1 Å². The highest BCUT2D eigenvalue weighted by Gasteiger charge is 2.37. The molecule has 2 aromatic rings. The third-order valence-electron chi connectivity index (χ3n) is 3.86. The first-order chi connectivity index (χ1) is 8.19. The minimum atomic E-state index is -0.821. The molecule has 1 aromatic heterocycles. The standard InChI is InChI=1S/C14H17NO2/c1-14(16,10-6-8-17-9-10)12-3-2-4-13-11(12)5-7-15-13/h2-5,7,10,15-16H,6,8-9H2,1H3. The lowest BCUT2D eigenvalue weighted by atomic mass is 9.81. The first kappa shape index (κ1) is 10.8. The van der Waals surface area contributed by atoms with Gasteiger partial charge in [0.2, 0.25) is 0 Å². The van der Waals surface area contributed by atoms with E-state index in [1.165, 1.54) is 0 Å². The molecule has 2 unspecified atom stereocenters. The summed E-state index contributed by atoms with van der Waals surface area (Å²) >= 11 is 0. The summed E-state index contributed by atoms with van der Waals surface area (Å²) in [5.41, 5.74) is 1.24. The van der Waals surface area contributed by atoms with Crippen LogP contribution in [0, 0.1) is 5.92 Å². The molecule has 0 amide bonds. The summed E-state index contributed by atoms with van der Waals surface area (Å²) in [7, 11) is 0. The molecule has 0 aliphatic carbocycles. The van der Waals surface area contributed by atoms with E-state index in [0.717, 1.165) is 29.5 Å². The van der Waals surface area contributed by atoms with Crippen LogP contribution in [-0.2, 0) is 10.3 Å². The van der Waals surface area contributed by atoms with Crippen LogP contribution >= 0.6 is 0 Å². The number of aromatic nitrogens is 1. The summed E-state index contributed by atoms with van der Waals surface area (Å²) in [5.74, 6) is 0.183. The van der Waals surface area contributed by atoms with Crippen LogP contribution < -0.4 is 0 Å². The number of H-pyrrole nitrogens is 1. The van der Waals surface area contributed by atoms with E-state index in [1.54, 1.807) is 0 Å². The van der Waals surface area contributed by atoms with E-state index in [2.05, 4.69) is 4.98 Å². The predicted molar refractivity (Wildman–Crippen MR) is 66.8 cm³/mol. The van der Waals surface area contributed by atoms with Crippen LogP contribution in [0.4, 0.5) is 0 Å². The molecule has 1 fully saturated rings. The van der Waals surface area contributed by atoms with Crippen LogP contribution in [0.15, 0.2) is 30.5 Å². The monoisotopic (exact) mass is 231 g/mol.